The molecule has 0 heterocycles. The van der Waals surface area contributed by atoms with Gasteiger partial charge >= 0.3 is 0 Å². The van der Waals surface area contributed by atoms with Gasteiger partial charge < -0.3 is 5.32 Å². The lowest BCUT2D eigenvalue weighted by Crippen LogP contribution is -2.24. The Kier molecular flexibility index (Phi) is 5.48. The van der Waals surface area contributed by atoms with Gasteiger partial charge in [0, 0.05) is 0 Å². The molecule has 1 N–H and O–H groups in total. The Labute approximate surface area is 132 Å². The normalized spacial score (nSPS) is 12.4. The maximum Gasteiger partial charge on any atom is 0.173 e. The lowest BCUT2D eigenvalue weighted by molar-refractivity contribution is 0.497. The minimum Gasteiger partial charge on any atom is -0.306 e. The van der Waals surface area contributed by atoms with Crippen molar-refractivity contribution in [1.29, 1.82) is 0 Å². The third-order valence-corrected chi connectivity index (χ3v) is 4.16. The fraction of sp³-hybridized carbons (Fsp3) is 0.294. The maximum atomic E-state index is 13.8. The van der Waals surface area contributed by atoms with Gasteiger partial charge in [-0.25, -0.2) is 8.78 Å². The van der Waals surface area contributed by atoms with Crippen LogP contribution in [0.2, 0.25) is 0 Å². The van der Waals surface area contributed by atoms with Crippen LogP contribution in [0.4, 0.5) is 8.78 Å². The Morgan fingerprint density at radius 3 is 2.62 bits per heavy atom. The van der Waals surface area contributed by atoms with Gasteiger partial charge in [-0.3, -0.25) is 0 Å². The number of halogens is 3. The Morgan fingerprint density at radius 1 is 1.19 bits per heavy atom. The largest absolute Gasteiger partial charge is 0.306 e. The Morgan fingerprint density at radius 2 is 1.95 bits per heavy atom. The topological polar surface area (TPSA) is 12.0 Å². The van der Waals surface area contributed by atoms with E-state index in [1.165, 1.54) is 6.07 Å². The van der Waals surface area contributed by atoms with Crippen LogP contribution in [0.1, 0.15) is 36.1 Å². The van der Waals surface area contributed by atoms with Gasteiger partial charge in [0.05, 0.1) is 10.5 Å². The molecule has 0 aliphatic heterocycles. The van der Waals surface area contributed by atoms with Crippen molar-refractivity contribution in [2.75, 3.05) is 6.54 Å². The molecule has 0 aliphatic rings. The molecule has 1 unspecified atom stereocenters. The molecule has 1 atom stereocenters. The Bertz CT molecular complexity index is 628. The van der Waals surface area contributed by atoms with E-state index >= 15 is 0 Å². The zero-order chi connectivity index (χ0) is 15.4. The van der Waals surface area contributed by atoms with E-state index < -0.39 is 11.6 Å². The fourth-order valence-corrected chi connectivity index (χ4v) is 2.86. The van der Waals surface area contributed by atoms with Crippen molar-refractivity contribution in [2.45, 2.75) is 26.3 Å². The second kappa shape index (κ2) is 7.14. The van der Waals surface area contributed by atoms with Gasteiger partial charge in [-0.1, -0.05) is 42.8 Å². The van der Waals surface area contributed by atoms with E-state index in [-0.39, 0.29) is 10.5 Å². The smallest absolute Gasteiger partial charge is 0.173 e. The van der Waals surface area contributed by atoms with Crippen molar-refractivity contribution in [3.05, 3.63) is 69.2 Å². The molecule has 0 aliphatic carbocycles. The zero-order valence-corrected chi connectivity index (χ0v) is 13.7. The SMILES string of the molecule is CCCNC(c1cccc(C)c1)c1ccc(F)c(F)c1Br. The summed E-state index contributed by atoms with van der Waals surface area (Å²) in [7, 11) is 0. The van der Waals surface area contributed by atoms with Gasteiger partial charge in [-0.15, -0.1) is 0 Å². The van der Waals surface area contributed by atoms with Crippen LogP contribution >= 0.6 is 15.9 Å². The summed E-state index contributed by atoms with van der Waals surface area (Å²) in [6, 6.07) is 10.7. The molecular formula is C17H18BrF2N. The number of nitrogens with one attached hydrogen (secondary N) is 1. The third-order valence-electron chi connectivity index (χ3n) is 3.35. The second-order valence-corrected chi connectivity index (χ2v) is 5.86. The molecule has 4 heteroatoms. The molecule has 112 valence electrons. The fourth-order valence-electron chi connectivity index (χ4n) is 2.31. The average molecular weight is 354 g/mol. The average Bonchev–Trinajstić information content (AvgIpc) is 2.47. The third kappa shape index (κ3) is 3.69. The van der Waals surface area contributed by atoms with Gasteiger partial charge in [0.25, 0.3) is 0 Å². The summed E-state index contributed by atoms with van der Waals surface area (Å²) >= 11 is 3.18. The van der Waals surface area contributed by atoms with Crippen molar-refractivity contribution in [1.82, 2.24) is 5.32 Å². The van der Waals surface area contributed by atoms with E-state index in [1.54, 1.807) is 6.07 Å². The van der Waals surface area contributed by atoms with E-state index in [0.717, 1.165) is 24.1 Å². The molecule has 2 rings (SSSR count). The van der Waals surface area contributed by atoms with Crippen molar-refractivity contribution in [2.24, 2.45) is 0 Å². The van der Waals surface area contributed by atoms with E-state index in [4.69, 9.17) is 0 Å². The molecule has 2 aromatic carbocycles. The lowest BCUT2D eigenvalue weighted by atomic mass is 9.97. The quantitative estimate of drug-likeness (QED) is 0.735. The number of hydrogen-bond acceptors (Lipinski definition) is 1. The number of benzene rings is 2. The summed E-state index contributed by atoms with van der Waals surface area (Å²) in [4.78, 5) is 0. The molecule has 0 fully saturated rings. The van der Waals surface area contributed by atoms with Crippen LogP contribution in [0.15, 0.2) is 40.9 Å². The summed E-state index contributed by atoms with van der Waals surface area (Å²) in [5.74, 6) is -1.69. The van der Waals surface area contributed by atoms with E-state index in [2.05, 4.69) is 34.2 Å². The first-order valence-electron chi connectivity index (χ1n) is 6.98. The minimum atomic E-state index is -0.844. The molecule has 0 amide bonds. The van der Waals surface area contributed by atoms with Crippen LogP contribution in [0.3, 0.4) is 0 Å². The minimum absolute atomic E-state index is 0.172. The summed E-state index contributed by atoms with van der Waals surface area (Å²) in [6.45, 7) is 4.88. The highest BCUT2D eigenvalue weighted by atomic mass is 79.9. The summed E-state index contributed by atoms with van der Waals surface area (Å²) in [5.41, 5.74) is 2.87. The number of rotatable bonds is 5. The molecule has 0 saturated heterocycles. The molecule has 21 heavy (non-hydrogen) atoms. The zero-order valence-electron chi connectivity index (χ0n) is 12.1. The maximum absolute atomic E-state index is 13.8. The molecule has 0 bridgehead atoms. The molecular weight excluding hydrogens is 336 g/mol. The van der Waals surface area contributed by atoms with Gasteiger partial charge in [-0.05, 0) is 53.0 Å². The number of aryl methyl sites for hydroxylation is 1. The molecule has 0 spiro atoms. The molecule has 2 aromatic rings. The molecule has 0 radical (unpaired) electrons. The first-order chi connectivity index (χ1) is 10.0. The van der Waals surface area contributed by atoms with Crippen LogP contribution in [0, 0.1) is 18.6 Å². The van der Waals surface area contributed by atoms with Gasteiger partial charge in [0.15, 0.2) is 11.6 Å². The van der Waals surface area contributed by atoms with E-state index in [0.29, 0.717) is 5.56 Å². The van der Waals surface area contributed by atoms with E-state index in [1.807, 2.05) is 25.1 Å². The Hall–Kier alpha value is -1.26. The predicted octanol–water partition coefficient (Wildman–Crippen LogP) is 5.12. The molecule has 0 saturated carbocycles. The van der Waals surface area contributed by atoms with Crippen LogP contribution in [-0.2, 0) is 0 Å². The second-order valence-electron chi connectivity index (χ2n) is 5.07. The first kappa shape index (κ1) is 16.1. The lowest BCUT2D eigenvalue weighted by Gasteiger charge is -2.21. The van der Waals surface area contributed by atoms with Crippen molar-refractivity contribution in [3.8, 4) is 0 Å². The van der Waals surface area contributed by atoms with Crippen LogP contribution in [-0.4, -0.2) is 6.54 Å². The highest BCUT2D eigenvalue weighted by Crippen LogP contribution is 2.32. The van der Waals surface area contributed by atoms with Gasteiger partial charge in [0.1, 0.15) is 0 Å². The van der Waals surface area contributed by atoms with Gasteiger partial charge in [-0.2, -0.15) is 0 Å². The van der Waals surface area contributed by atoms with Gasteiger partial charge in [0.2, 0.25) is 0 Å². The van der Waals surface area contributed by atoms with Crippen LogP contribution in [0.25, 0.3) is 0 Å². The summed E-state index contributed by atoms with van der Waals surface area (Å²) in [5, 5.41) is 3.40. The first-order valence-corrected chi connectivity index (χ1v) is 7.77. The van der Waals surface area contributed by atoms with Crippen molar-refractivity contribution >= 4 is 15.9 Å². The highest BCUT2D eigenvalue weighted by Gasteiger charge is 2.20. The number of hydrogen-bond donors (Lipinski definition) is 1. The van der Waals surface area contributed by atoms with Crippen LogP contribution < -0.4 is 5.32 Å². The standard InChI is InChI=1S/C17H18BrF2N/c1-3-9-21-17(12-6-4-5-11(2)10-12)13-7-8-14(19)16(20)15(13)18/h4-8,10,17,21H,3,9H2,1-2H3. The molecule has 0 aromatic heterocycles. The Balaban J connectivity index is 2.48. The summed E-state index contributed by atoms with van der Waals surface area (Å²) < 4.78 is 27.3. The van der Waals surface area contributed by atoms with Crippen molar-refractivity contribution in [3.63, 3.8) is 0 Å². The van der Waals surface area contributed by atoms with Crippen LogP contribution in [0.5, 0.6) is 0 Å². The monoisotopic (exact) mass is 353 g/mol. The van der Waals surface area contributed by atoms with Crippen molar-refractivity contribution < 1.29 is 8.78 Å². The predicted molar refractivity (Wildman–Crippen MR) is 85.4 cm³/mol. The van der Waals surface area contributed by atoms with E-state index in [9.17, 15) is 8.78 Å². The summed E-state index contributed by atoms with van der Waals surface area (Å²) in [6.07, 6.45) is 0.962. The molecule has 1 nitrogen and oxygen atoms in total. The highest BCUT2D eigenvalue weighted by molar-refractivity contribution is 9.10.